The van der Waals surface area contributed by atoms with Gasteiger partial charge >= 0.3 is 0 Å². The number of unbranched alkanes of at least 4 members (excludes halogenated alkanes) is 2. The molecule has 1 aromatic carbocycles. The fraction of sp³-hybridized carbons (Fsp3) is 0.583. The van der Waals surface area contributed by atoms with Gasteiger partial charge in [-0.3, -0.25) is 0 Å². The lowest BCUT2D eigenvalue weighted by Crippen LogP contribution is -2.17. The van der Waals surface area contributed by atoms with E-state index < -0.39 is 0 Å². The molecule has 0 amide bonds. The number of rotatable bonds is 6. The van der Waals surface area contributed by atoms with Crippen LogP contribution < -0.4 is 0 Å². The average molecular weight is 359 g/mol. The van der Waals surface area contributed by atoms with Gasteiger partial charge in [0, 0.05) is 11.5 Å². The Morgan fingerprint density at radius 3 is 2.19 bits per heavy atom. The second-order valence-corrected chi connectivity index (χ2v) is 7.74. The van der Waals surface area contributed by atoms with E-state index in [1.54, 1.807) is 0 Å². The molecule has 2 nitrogen and oxygen atoms in total. The van der Waals surface area contributed by atoms with Crippen molar-refractivity contribution in [1.29, 1.82) is 0 Å². The summed E-state index contributed by atoms with van der Waals surface area (Å²) in [7, 11) is 0. The van der Waals surface area contributed by atoms with Crippen LogP contribution in [0.2, 0.25) is 0 Å². The molecule has 0 aliphatic heterocycles. The number of aryl methyl sites for hydroxylation is 1. The standard InChI is InChI=1S/C21H30O2.C3H8/c1-5-6-7-8-16-12-19(22)21(20(23)13-16)18-11-15(4)9-10-17(18)14(2)3;1-3-2/h11-13,17-18,22-23H,2,5-10H2,1,3-4H3;3H2,1-2H3/t17?,18-;/m1./s1. The highest BCUT2D eigenvalue weighted by Gasteiger charge is 2.30. The first-order chi connectivity index (χ1) is 12.3. The van der Waals surface area contributed by atoms with Crippen LogP contribution in [-0.2, 0) is 6.42 Å². The van der Waals surface area contributed by atoms with Gasteiger partial charge in [0.2, 0.25) is 0 Å². The van der Waals surface area contributed by atoms with Crippen molar-refractivity contribution in [3.05, 3.63) is 47.1 Å². The molecule has 0 spiro atoms. The molecule has 146 valence electrons. The number of benzene rings is 1. The van der Waals surface area contributed by atoms with Crippen molar-refractivity contribution in [3.63, 3.8) is 0 Å². The second kappa shape index (κ2) is 11.1. The van der Waals surface area contributed by atoms with E-state index in [0.29, 0.717) is 5.56 Å². The van der Waals surface area contributed by atoms with Crippen molar-refractivity contribution >= 4 is 0 Å². The van der Waals surface area contributed by atoms with Crippen molar-refractivity contribution in [3.8, 4) is 11.5 Å². The average Bonchev–Trinajstić information content (AvgIpc) is 2.55. The Hall–Kier alpha value is -1.70. The number of aromatic hydroxyl groups is 2. The quantitative estimate of drug-likeness (QED) is 0.415. The Bertz CT molecular complexity index is 590. The van der Waals surface area contributed by atoms with Gasteiger partial charge in [0.05, 0.1) is 0 Å². The van der Waals surface area contributed by atoms with E-state index in [1.807, 2.05) is 19.1 Å². The second-order valence-electron chi connectivity index (χ2n) is 7.74. The molecule has 1 aromatic rings. The van der Waals surface area contributed by atoms with Gasteiger partial charge in [-0.1, -0.05) is 63.8 Å². The maximum Gasteiger partial charge on any atom is 0.123 e. The van der Waals surface area contributed by atoms with Crippen LogP contribution in [0, 0.1) is 5.92 Å². The molecule has 1 aliphatic carbocycles. The Morgan fingerprint density at radius 2 is 1.69 bits per heavy atom. The molecule has 0 heterocycles. The minimum atomic E-state index is 0.0194. The van der Waals surface area contributed by atoms with Crippen LogP contribution in [0.4, 0.5) is 0 Å². The molecular formula is C24H38O2. The summed E-state index contributed by atoms with van der Waals surface area (Å²) in [6.45, 7) is 14.7. The van der Waals surface area contributed by atoms with Gasteiger partial charge in [-0.25, -0.2) is 0 Å². The molecule has 2 atom stereocenters. The van der Waals surface area contributed by atoms with Crippen LogP contribution in [0.5, 0.6) is 11.5 Å². The predicted molar refractivity (Wildman–Crippen MR) is 113 cm³/mol. The van der Waals surface area contributed by atoms with Crippen molar-refractivity contribution < 1.29 is 10.2 Å². The van der Waals surface area contributed by atoms with Crippen molar-refractivity contribution in [2.45, 2.75) is 85.5 Å². The van der Waals surface area contributed by atoms with Crippen molar-refractivity contribution in [1.82, 2.24) is 0 Å². The van der Waals surface area contributed by atoms with Gasteiger partial charge in [0.15, 0.2) is 0 Å². The SMILES string of the molecule is C=C(C)C1CCC(C)=C[C@H]1c1c(O)cc(CCCCC)cc1O.CCC. The van der Waals surface area contributed by atoms with Crippen LogP contribution >= 0.6 is 0 Å². The highest BCUT2D eigenvalue weighted by Crippen LogP contribution is 2.46. The van der Waals surface area contributed by atoms with E-state index in [9.17, 15) is 10.2 Å². The van der Waals surface area contributed by atoms with E-state index in [2.05, 4.69) is 40.3 Å². The minimum Gasteiger partial charge on any atom is -0.507 e. The molecule has 0 saturated carbocycles. The molecule has 0 bridgehead atoms. The maximum absolute atomic E-state index is 10.5. The highest BCUT2D eigenvalue weighted by atomic mass is 16.3. The Kier molecular flexibility index (Phi) is 9.54. The Morgan fingerprint density at radius 1 is 1.12 bits per heavy atom. The van der Waals surface area contributed by atoms with Crippen molar-refractivity contribution in [2.24, 2.45) is 5.92 Å². The molecule has 0 aromatic heterocycles. The van der Waals surface area contributed by atoms with Gasteiger partial charge in [-0.15, -0.1) is 0 Å². The molecule has 0 radical (unpaired) electrons. The van der Waals surface area contributed by atoms with E-state index in [0.717, 1.165) is 36.8 Å². The lowest BCUT2D eigenvalue weighted by molar-refractivity contribution is 0.406. The number of hydrogen-bond donors (Lipinski definition) is 2. The van der Waals surface area contributed by atoms with Gasteiger partial charge in [-0.05, 0) is 63.1 Å². The molecule has 2 heteroatoms. The number of phenols is 2. The van der Waals surface area contributed by atoms with Crippen LogP contribution in [0.3, 0.4) is 0 Å². The summed E-state index contributed by atoms with van der Waals surface area (Å²) in [6, 6.07) is 3.66. The molecule has 0 fully saturated rings. The summed E-state index contributed by atoms with van der Waals surface area (Å²) in [5.74, 6) is 0.741. The third-order valence-electron chi connectivity index (χ3n) is 4.98. The molecule has 0 saturated heterocycles. The fourth-order valence-corrected chi connectivity index (χ4v) is 3.65. The Labute approximate surface area is 160 Å². The Balaban J connectivity index is 0.00000105. The van der Waals surface area contributed by atoms with E-state index in [-0.39, 0.29) is 23.3 Å². The third kappa shape index (κ3) is 6.23. The zero-order chi connectivity index (χ0) is 19.7. The fourth-order valence-electron chi connectivity index (χ4n) is 3.65. The van der Waals surface area contributed by atoms with E-state index in [1.165, 1.54) is 24.8 Å². The highest BCUT2D eigenvalue weighted by molar-refractivity contribution is 5.51. The molecule has 26 heavy (non-hydrogen) atoms. The summed E-state index contributed by atoms with van der Waals surface area (Å²) in [5.41, 5.74) is 4.11. The molecule has 1 aliphatic rings. The molecular weight excluding hydrogens is 320 g/mol. The molecule has 2 N–H and O–H groups in total. The van der Waals surface area contributed by atoms with Crippen molar-refractivity contribution in [2.75, 3.05) is 0 Å². The zero-order valence-electron chi connectivity index (χ0n) is 17.4. The van der Waals surface area contributed by atoms with Gasteiger partial charge < -0.3 is 10.2 Å². The van der Waals surface area contributed by atoms with Gasteiger partial charge in [-0.2, -0.15) is 0 Å². The molecule has 1 unspecified atom stereocenters. The summed E-state index contributed by atoms with van der Waals surface area (Å²) in [4.78, 5) is 0. The lowest BCUT2D eigenvalue weighted by atomic mass is 9.73. The normalized spacial score (nSPS) is 19.3. The summed E-state index contributed by atoms with van der Waals surface area (Å²) < 4.78 is 0. The first-order valence-corrected chi connectivity index (χ1v) is 10.2. The van der Waals surface area contributed by atoms with Crippen LogP contribution in [0.15, 0.2) is 35.9 Å². The first kappa shape index (κ1) is 22.3. The summed E-state index contributed by atoms with van der Waals surface area (Å²) in [5, 5.41) is 21.1. The van der Waals surface area contributed by atoms with Crippen LogP contribution in [0.1, 0.15) is 90.2 Å². The number of allylic oxidation sites excluding steroid dienone is 3. The largest absolute Gasteiger partial charge is 0.507 e. The van der Waals surface area contributed by atoms with E-state index in [4.69, 9.17) is 0 Å². The van der Waals surface area contributed by atoms with Crippen LogP contribution in [0.25, 0.3) is 0 Å². The maximum atomic E-state index is 10.5. The predicted octanol–water partition coefficient (Wildman–Crippen LogP) is 7.26. The van der Waals surface area contributed by atoms with Gasteiger partial charge in [0.25, 0.3) is 0 Å². The molecule has 2 rings (SSSR count). The summed E-state index contributed by atoms with van der Waals surface area (Å²) >= 11 is 0. The third-order valence-corrected chi connectivity index (χ3v) is 4.98. The van der Waals surface area contributed by atoms with Crippen LogP contribution in [-0.4, -0.2) is 10.2 Å². The van der Waals surface area contributed by atoms with E-state index >= 15 is 0 Å². The summed E-state index contributed by atoms with van der Waals surface area (Å²) in [6.07, 6.45) is 9.86. The number of phenolic OH excluding ortho intramolecular Hbond substituents is 2. The monoisotopic (exact) mass is 358 g/mol. The first-order valence-electron chi connectivity index (χ1n) is 10.2. The van der Waals surface area contributed by atoms with Gasteiger partial charge in [0.1, 0.15) is 11.5 Å². The zero-order valence-corrected chi connectivity index (χ0v) is 17.4. The smallest absolute Gasteiger partial charge is 0.123 e. The lowest BCUT2D eigenvalue weighted by Gasteiger charge is -2.31. The topological polar surface area (TPSA) is 40.5 Å². The number of hydrogen-bond acceptors (Lipinski definition) is 2. The minimum absolute atomic E-state index is 0.0194.